The van der Waals surface area contributed by atoms with Gasteiger partial charge in [0, 0.05) is 12.0 Å². The Hall–Kier alpha value is -2.68. The molecule has 2 aromatic heterocycles. The molecule has 9 heteroatoms. The molecule has 2 heterocycles. The predicted octanol–water partition coefficient (Wildman–Crippen LogP) is 1.98. The van der Waals surface area contributed by atoms with E-state index in [0.717, 1.165) is 23.8 Å². The first-order valence-electron chi connectivity index (χ1n) is 9.46. The second-order valence-electron chi connectivity index (χ2n) is 7.41. The van der Waals surface area contributed by atoms with Crippen molar-refractivity contribution < 1.29 is 4.79 Å². The molecule has 0 aliphatic heterocycles. The second-order valence-corrected chi connectivity index (χ2v) is 8.35. The monoisotopic (exact) mass is 396 g/mol. The summed E-state index contributed by atoms with van der Waals surface area (Å²) >= 11 is 1.51. The van der Waals surface area contributed by atoms with Crippen molar-refractivity contribution in [3.63, 3.8) is 0 Å². The maximum Gasteiger partial charge on any atom is 0.261 e. The number of thioether (sulfide) groups is 1. The number of carbonyl (C=O) groups excluding carboxylic acids is 1. The van der Waals surface area contributed by atoms with Crippen molar-refractivity contribution in [3.8, 4) is 0 Å². The Balaban J connectivity index is 1.50. The van der Waals surface area contributed by atoms with Gasteiger partial charge in [-0.2, -0.15) is 0 Å². The molecule has 2 aliphatic carbocycles. The Kier molecular flexibility index (Phi) is 4.19. The van der Waals surface area contributed by atoms with Gasteiger partial charge in [-0.3, -0.25) is 14.2 Å². The van der Waals surface area contributed by atoms with E-state index in [0.29, 0.717) is 34.4 Å². The van der Waals surface area contributed by atoms with E-state index in [1.807, 2.05) is 6.07 Å². The van der Waals surface area contributed by atoms with Crippen LogP contribution in [0.25, 0.3) is 10.9 Å². The van der Waals surface area contributed by atoms with E-state index in [1.54, 1.807) is 18.2 Å². The van der Waals surface area contributed by atoms with Crippen molar-refractivity contribution in [2.75, 3.05) is 0 Å². The third-order valence-electron chi connectivity index (χ3n) is 5.13. The molecule has 1 aromatic carbocycles. The maximum atomic E-state index is 12.9. The van der Waals surface area contributed by atoms with Gasteiger partial charge in [-0.25, -0.2) is 4.98 Å². The number of hydrogen-bond acceptors (Lipinski definition) is 6. The highest BCUT2D eigenvalue weighted by Gasteiger charge is 2.36. The number of nitrogens with two attached hydrogens (primary N) is 1. The van der Waals surface area contributed by atoms with Crippen LogP contribution in [0.1, 0.15) is 49.3 Å². The summed E-state index contributed by atoms with van der Waals surface area (Å²) in [6, 6.07) is 7.63. The van der Waals surface area contributed by atoms with E-state index in [1.165, 1.54) is 29.2 Å². The second kappa shape index (κ2) is 6.73. The van der Waals surface area contributed by atoms with E-state index < -0.39 is 5.91 Å². The summed E-state index contributed by atoms with van der Waals surface area (Å²) in [6.07, 6.45) is 4.68. The van der Waals surface area contributed by atoms with Crippen LogP contribution in [0.15, 0.2) is 34.2 Å². The summed E-state index contributed by atoms with van der Waals surface area (Å²) in [4.78, 5) is 29.0. The largest absolute Gasteiger partial charge is 0.368 e. The first-order chi connectivity index (χ1) is 13.6. The summed E-state index contributed by atoms with van der Waals surface area (Å²) < 4.78 is 3.64. The van der Waals surface area contributed by atoms with Gasteiger partial charge in [-0.1, -0.05) is 23.9 Å². The van der Waals surface area contributed by atoms with Crippen molar-refractivity contribution in [3.05, 3.63) is 46.3 Å². The average Bonchev–Trinajstić information content (AvgIpc) is 3.61. The number of rotatable bonds is 7. The molecule has 2 saturated carbocycles. The molecule has 5 rings (SSSR count). The zero-order valence-corrected chi connectivity index (χ0v) is 16.1. The van der Waals surface area contributed by atoms with Crippen LogP contribution in [0.3, 0.4) is 0 Å². The highest BCUT2D eigenvalue weighted by molar-refractivity contribution is 7.98. The maximum absolute atomic E-state index is 12.9. The van der Waals surface area contributed by atoms with E-state index >= 15 is 0 Å². The molecular weight excluding hydrogens is 376 g/mol. The van der Waals surface area contributed by atoms with E-state index in [-0.39, 0.29) is 12.1 Å². The average molecular weight is 396 g/mol. The number of amides is 1. The Labute approximate surface area is 165 Å². The van der Waals surface area contributed by atoms with E-state index in [4.69, 9.17) is 5.73 Å². The van der Waals surface area contributed by atoms with Crippen molar-refractivity contribution in [2.24, 2.45) is 5.73 Å². The third kappa shape index (κ3) is 3.19. The van der Waals surface area contributed by atoms with Gasteiger partial charge in [0.1, 0.15) is 18.2 Å². The van der Waals surface area contributed by atoms with E-state index in [9.17, 15) is 9.59 Å². The molecule has 28 heavy (non-hydrogen) atoms. The molecule has 0 radical (unpaired) electrons. The molecule has 0 bridgehead atoms. The summed E-state index contributed by atoms with van der Waals surface area (Å²) in [5, 5.41) is 10.2. The zero-order valence-electron chi connectivity index (χ0n) is 15.2. The topological polar surface area (TPSA) is 109 Å². The first kappa shape index (κ1) is 17.4. The van der Waals surface area contributed by atoms with Gasteiger partial charge < -0.3 is 10.3 Å². The van der Waals surface area contributed by atoms with Crippen molar-refractivity contribution >= 4 is 28.6 Å². The fourth-order valence-electron chi connectivity index (χ4n) is 3.45. The van der Waals surface area contributed by atoms with Crippen LogP contribution in [0.5, 0.6) is 0 Å². The van der Waals surface area contributed by atoms with Gasteiger partial charge in [0.15, 0.2) is 5.16 Å². The fraction of sp³-hybridized carbons (Fsp3) is 0.421. The van der Waals surface area contributed by atoms with E-state index in [2.05, 4.69) is 19.7 Å². The van der Waals surface area contributed by atoms with Gasteiger partial charge in [-0.05, 0) is 37.8 Å². The van der Waals surface area contributed by atoms with Crippen LogP contribution in [0.4, 0.5) is 0 Å². The van der Waals surface area contributed by atoms with Crippen LogP contribution < -0.4 is 11.3 Å². The molecule has 0 unspecified atom stereocenters. The minimum absolute atomic E-state index is 0.185. The standard InChI is InChI=1S/C19H20N6O2S/c20-15(26)9-24-16(21-14-4-2-1-3-13(14)18(24)27)10-28-19-23-22-17(11-5-6-11)25(19)12-7-8-12/h1-4,11-12H,5-10H2,(H2,20,26). The van der Waals surface area contributed by atoms with Gasteiger partial charge >= 0.3 is 0 Å². The number of aromatic nitrogens is 5. The molecule has 3 aromatic rings. The smallest absolute Gasteiger partial charge is 0.261 e. The molecule has 8 nitrogen and oxygen atoms in total. The molecule has 2 aliphatic rings. The number of nitrogens with zero attached hydrogens (tertiary/aromatic N) is 5. The number of fused-ring (bicyclic) bond motifs is 1. The Morgan fingerprint density at radius 1 is 1.18 bits per heavy atom. The van der Waals surface area contributed by atoms with Crippen molar-refractivity contribution in [2.45, 2.75) is 55.1 Å². The number of hydrogen-bond donors (Lipinski definition) is 1. The summed E-state index contributed by atoms with van der Waals surface area (Å²) in [5.41, 5.74) is 5.74. The lowest BCUT2D eigenvalue weighted by atomic mass is 10.2. The number of para-hydroxylation sites is 1. The van der Waals surface area contributed by atoms with Crippen LogP contribution in [-0.4, -0.2) is 30.2 Å². The lowest BCUT2D eigenvalue weighted by Crippen LogP contribution is -2.31. The fourth-order valence-corrected chi connectivity index (χ4v) is 4.41. The highest BCUT2D eigenvalue weighted by atomic mass is 32.2. The normalized spacial score (nSPS) is 16.6. The number of carbonyl (C=O) groups is 1. The molecule has 2 fully saturated rings. The number of benzene rings is 1. The van der Waals surface area contributed by atoms with Crippen LogP contribution in [0.2, 0.25) is 0 Å². The molecule has 0 saturated heterocycles. The van der Waals surface area contributed by atoms with Gasteiger partial charge in [0.2, 0.25) is 5.91 Å². The third-order valence-corrected chi connectivity index (χ3v) is 6.07. The van der Waals surface area contributed by atoms with Crippen LogP contribution >= 0.6 is 11.8 Å². The Morgan fingerprint density at radius 3 is 2.68 bits per heavy atom. The Bertz CT molecular complexity index is 1130. The first-order valence-corrected chi connectivity index (χ1v) is 10.4. The number of primary amides is 1. The predicted molar refractivity (Wildman–Crippen MR) is 105 cm³/mol. The van der Waals surface area contributed by atoms with Crippen molar-refractivity contribution in [1.29, 1.82) is 0 Å². The van der Waals surface area contributed by atoms with Crippen molar-refractivity contribution in [1.82, 2.24) is 24.3 Å². The molecule has 1 amide bonds. The summed E-state index contributed by atoms with van der Waals surface area (Å²) in [5.74, 6) is 2.00. The minimum Gasteiger partial charge on any atom is -0.368 e. The van der Waals surface area contributed by atoms with Crippen LogP contribution in [0, 0.1) is 0 Å². The lowest BCUT2D eigenvalue weighted by molar-refractivity contribution is -0.118. The SMILES string of the molecule is NC(=O)Cn1c(CSc2nnc(C3CC3)n2C2CC2)nc2ccccc2c1=O. The minimum atomic E-state index is -0.567. The van der Waals surface area contributed by atoms with Gasteiger partial charge in [0.25, 0.3) is 5.56 Å². The molecule has 0 atom stereocenters. The van der Waals surface area contributed by atoms with Gasteiger partial charge in [0.05, 0.1) is 16.7 Å². The molecule has 2 N–H and O–H groups in total. The molecule has 144 valence electrons. The quantitative estimate of drug-likeness (QED) is 0.612. The van der Waals surface area contributed by atoms with Gasteiger partial charge in [-0.15, -0.1) is 10.2 Å². The zero-order chi connectivity index (χ0) is 19.3. The highest BCUT2D eigenvalue weighted by Crippen LogP contribution is 2.46. The lowest BCUT2D eigenvalue weighted by Gasteiger charge is -2.12. The summed E-state index contributed by atoms with van der Waals surface area (Å²) in [6.45, 7) is -0.185. The molecular formula is C19H20N6O2S. The Morgan fingerprint density at radius 2 is 1.96 bits per heavy atom. The van der Waals surface area contributed by atoms with Crippen LogP contribution in [-0.2, 0) is 17.1 Å². The molecule has 0 spiro atoms. The summed E-state index contributed by atoms with van der Waals surface area (Å²) in [7, 11) is 0.